The predicted octanol–water partition coefficient (Wildman–Crippen LogP) is 6.65. The van der Waals surface area contributed by atoms with E-state index in [-0.39, 0.29) is 5.91 Å². The smallest absolute Gasteiger partial charge is 0.322 e. The molecule has 3 aromatic rings. The first-order chi connectivity index (χ1) is 15.3. The highest BCUT2D eigenvalue weighted by Crippen LogP contribution is 2.32. The van der Waals surface area contributed by atoms with Gasteiger partial charge >= 0.3 is 6.18 Å². The third-order valence-electron chi connectivity index (χ3n) is 5.45. The van der Waals surface area contributed by atoms with Gasteiger partial charge in [0.25, 0.3) is 5.91 Å². The molecule has 0 atom stereocenters. The molecule has 0 aromatic heterocycles. The Balaban J connectivity index is 1.54. The molecule has 166 valence electrons. The van der Waals surface area contributed by atoms with E-state index in [1.807, 2.05) is 24.1 Å². The molecule has 0 bridgehead atoms. The molecule has 7 heteroatoms. The Morgan fingerprint density at radius 2 is 1.78 bits per heavy atom. The fourth-order valence-electron chi connectivity index (χ4n) is 3.87. The Labute approximate surface area is 189 Å². The standard InChI is InChI=1S/C25H23F3N2OS/c1-2-32-30-14-13-18-15-21(12-9-19(18)16-30)29-24(31)23-6-4-3-5-22(23)17-7-10-20(11-8-17)25(26,27)28/h3-12,15H,2,13-14,16H2,1H3,(H,29,31). The number of rotatable bonds is 5. The van der Waals surface area contributed by atoms with Crippen molar-refractivity contribution < 1.29 is 18.0 Å². The molecule has 3 aromatic carbocycles. The van der Waals surface area contributed by atoms with Crippen molar-refractivity contribution in [3.05, 3.63) is 89.0 Å². The minimum Gasteiger partial charge on any atom is -0.322 e. The molecule has 0 fully saturated rings. The summed E-state index contributed by atoms with van der Waals surface area (Å²) in [4.78, 5) is 13.0. The highest BCUT2D eigenvalue weighted by atomic mass is 32.2. The fraction of sp³-hybridized carbons (Fsp3) is 0.240. The fourth-order valence-corrected chi connectivity index (χ4v) is 4.68. The largest absolute Gasteiger partial charge is 0.416 e. The highest BCUT2D eigenvalue weighted by molar-refractivity contribution is 7.96. The zero-order valence-electron chi connectivity index (χ0n) is 17.6. The van der Waals surface area contributed by atoms with Crippen molar-refractivity contribution in [1.29, 1.82) is 0 Å². The van der Waals surface area contributed by atoms with Crippen molar-refractivity contribution in [2.45, 2.75) is 26.1 Å². The number of hydrogen-bond donors (Lipinski definition) is 1. The number of carbonyl (C=O) groups excluding carboxylic acids is 1. The summed E-state index contributed by atoms with van der Waals surface area (Å²) in [5.41, 5.74) is 4.05. The molecule has 3 nitrogen and oxygen atoms in total. The van der Waals surface area contributed by atoms with Crippen LogP contribution in [0.5, 0.6) is 0 Å². The number of carbonyl (C=O) groups is 1. The summed E-state index contributed by atoms with van der Waals surface area (Å²) in [5.74, 6) is 0.751. The second-order valence-electron chi connectivity index (χ2n) is 7.59. The first-order valence-electron chi connectivity index (χ1n) is 10.4. The van der Waals surface area contributed by atoms with Crippen LogP contribution >= 0.6 is 11.9 Å². The van der Waals surface area contributed by atoms with E-state index < -0.39 is 11.7 Å². The third-order valence-corrected chi connectivity index (χ3v) is 6.38. The van der Waals surface area contributed by atoms with Crippen molar-refractivity contribution in [1.82, 2.24) is 4.31 Å². The number of halogens is 3. The molecular weight excluding hydrogens is 433 g/mol. The van der Waals surface area contributed by atoms with Gasteiger partial charge in [-0.25, -0.2) is 4.31 Å². The van der Waals surface area contributed by atoms with E-state index in [4.69, 9.17) is 0 Å². The summed E-state index contributed by atoms with van der Waals surface area (Å²) >= 11 is 1.83. The molecule has 0 aliphatic carbocycles. The van der Waals surface area contributed by atoms with Gasteiger partial charge in [0.2, 0.25) is 0 Å². The molecule has 1 N–H and O–H groups in total. The number of alkyl halides is 3. The van der Waals surface area contributed by atoms with Gasteiger partial charge in [-0.3, -0.25) is 4.79 Å². The Kier molecular flexibility index (Phi) is 6.58. The van der Waals surface area contributed by atoms with Crippen LogP contribution in [0.25, 0.3) is 11.1 Å². The summed E-state index contributed by atoms with van der Waals surface area (Å²) in [6, 6.07) is 17.8. The van der Waals surface area contributed by atoms with Gasteiger partial charge < -0.3 is 5.32 Å². The van der Waals surface area contributed by atoms with Gasteiger partial charge in [-0.2, -0.15) is 13.2 Å². The lowest BCUT2D eigenvalue weighted by Crippen LogP contribution is -2.25. The number of hydrogen-bond acceptors (Lipinski definition) is 3. The Morgan fingerprint density at radius 3 is 2.50 bits per heavy atom. The first kappa shape index (κ1) is 22.4. The van der Waals surface area contributed by atoms with Crippen LogP contribution in [0.2, 0.25) is 0 Å². The molecule has 1 amide bonds. The van der Waals surface area contributed by atoms with Gasteiger partial charge in [-0.05, 0) is 59.0 Å². The van der Waals surface area contributed by atoms with E-state index in [0.717, 1.165) is 37.4 Å². The summed E-state index contributed by atoms with van der Waals surface area (Å²) in [6.45, 7) is 4.00. The van der Waals surface area contributed by atoms with Crippen molar-refractivity contribution in [3.63, 3.8) is 0 Å². The van der Waals surface area contributed by atoms with Gasteiger partial charge in [-0.15, -0.1) is 0 Å². The van der Waals surface area contributed by atoms with Gasteiger partial charge in [0.1, 0.15) is 0 Å². The van der Waals surface area contributed by atoms with E-state index in [9.17, 15) is 18.0 Å². The van der Waals surface area contributed by atoms with Crippen LogP contribution in [0.15, 0.2) is 66.7 Å². The number of nitrogens with zero attached hydrogens (tertiary/aromatic N) is 1. The highest BCUT2D eigenvalue weighted by Gasteiger charge is 2.30. The molecule has 1 heterocycles. The zero-order valence-corrected chi connectivity index (χ0v) is 18.4. The van der Waals surface area contributed by atoms with Crippen LogP contribution in [0.4, 0.5) is 18.9 Å². The molecule has 1 aliphatic heterocycles. The lowest BCUT2D eigenvalue weighted by Gasteiger charge is -2.27. The number of anilines is 1. The number of benzene rings is 3. The molecule has 0 saturated heterocycles. The maximum atomic E-state index is 13.0. The maximum Gasteiger partial charge on any atom is 0.416 e. The average molecular weight is 457 g/mol. The Bertz CT molecular complexity index is 1110. The lowest BCUT2D eigenvalue weighted by molar-refractivity contribution is -0.137. The lowest BCUT2D eigenvalue weighted by atomic mass is 9.97. The summed E-state index contributed by atoms with van der Waals surface area (Å²) in [6.07, 6.45) is -3.47. The van der Waals surface area contributed by atoms with E-state index >= 15 is 0 Å². The Hall–Kier alpha value is -2.77. The molecule has 0 unspecified atom stereocenters. The van der Waals surface area contributed by atoms with Crippen molar-refractivity contribution in [2.75, 3.05) is 17.6 Å². The molecule has 0 saturated carbocycles. The molecule has 1 aliphatic rings. The molecule has 32 heavy (non-hydrogen) atoms. The van der Waals surface area contributed by atoms with Gasteiger partial charge in [0, 0.05) is 30.1 Å². The molecule has 0 radical (unpaired) electrons. The molecule has 4 rings (SSSR count). The Morgan fingerprint density at radius 1 is 1.03 bits per heavy atom. The summed E-state index contributed by atoms with van der Waals surface area (Å²) < 4.78 is 41.0. The zero-order chi connectivity index (χ0) is 22.7. The number of nitrogens with one attached hydrogen (secondary N) is 1. The minimum atomic E-state index is -4.39. The normalized spacial score (nSPS) is 14.1. The van der Waals surface area contributed by atoms with Gasteiger partial charge in [-0.1, -0.05) is 55.3 Å². The van der Waals surface area contributed by atoms with Crippen molar-refractivity contribution >= 4 is 23.5 Å². The second-order valence-corrected chi connectivity index (χ2v) is 8.94. The monoisotopic (exact) mass is 456 g/mol. The van der Waals surface area contributed by atoms with Crippen LogP contribution < -0.4 is 5.32 Å². The van der Waals surface area contributed by atoms with Gasteiger partial charge in [0.15, 0.2) is 0 Å². The predicted molar refractivity (Wildman–Crippen MR) is 124 cm³/mol. The van der Waals surface area contributed by atoms with Crippen molar-refractivity contribution in [2.24, 2.45) is 0 Å². The average Bonchev–Trinajstić information content (AvgIpc) is 2.79. The second kappa shape index (κ2) is 9.38. The van der Waals surface area contributed by atoms with Crippen LogP contribution in [0.1, 0.15) is 34.0 Å². The van der Waals surface area contributed by atoms with Crippen LogP contribution in [0.3, 0.4) is 0 Å². The SMILES string of the molecule is CCSN1CCc2cc(NC(=O)c3ccccc3-c3ccc(C(F)(F)F)cc3)ccc2C1. The van der Waals surface area contributed by atoms with Gasteiger partial charge in [0.05, 0.1) is 5.56 Å². The molecular formula is C25H23F3N2OS. The van der Waals surface area contributed by atoms with E-state index in [0.29, 0.717) is 22.4 Å². The molecule has 0 spiro atoms. The maximum absolute atomic E-state index is 13.0. The van der Waals surface area contributed by atoms with E-state index in [1.165, 1.54) is 23.3 Å². The quantitative estimate of drug-likeness (QED) is 0.436. The third kappa shape index (κ3) is 5.00. The number of amides is 1. The minimum absolute atomic E-state index is 0.292. The topological polar surface area (TPSA) is 32.3 Å². The van der Waals surface area contributed by atoms with Crippen LogP contribution in [0, 0.1) is 0 Å². The van der Waals surface area contributed by atoms with Crippen LogP contribution in [-0.4, -0.2) is 22.5 Å². The summed E-state index contributed by atoms with van der Waals surface area (Å²) in [7, 11) is 0. The van der Waals surface area contributed by atoms with Crippen molar-refractivity contribution in [3.8, 4) is 11.1 Å². The number of fused-ring (bicyclic) bond motifs is 1. The van der Waals surface area contributed by atoms with Crippen LogP contribution in [-0.2, 0) is 19.1 Å². The van der Waals surface area contributed by atoms with E-state index in [1.54, 1.807) is 24.3 Å². The first-order valence-corrected chi connectivity index (χ1v) is 11.4. The summed E-state index contributed by atoms with van der Waals surface area (Å²) in [5, 5.41) is 2.95. The van der Waals surface area contributed by atoms with E-state index in [2.05, 4.69) is 22.6 Å².